The molecule has 0 saturated carbocycles. The predicted octanol–water partition coefficient (Wildman–Crippen LogP) is 1.80. The number of hydrogen-bond donors (Lipinski definition) is 3. The van der Waals surface area contributed by atoms with Crippen LogP contribution < -0.4 is 15.5 Å². The Morgan fingerprint density at radius 3 is 2.90 bits per heavy atom. The van der Waals surface area contributed by atoms with Crippen LogP contribution in [-0.4, -0.2) is 46.8 Å². The van der Waals surface area contributed by atoms with Gasteiger partial charge in [0.15, 0.2) is 0 Å². The molecule has 2 rings (SSSR count). The second-order valence-corrected chi connectivity index (χ2v) is 5.23. The van der Waals surface area contributed by atoms with Gasteiger partial charge in [-0.1, -0.05) is 11.6 Å². The van der Waals surface area contributed by atoms with E-state index in [0.29, 0.717) is 23.5 Å². The van der Waals surface area contributed by atoms with Gasteiger partial charge in [-0.15, -0.1) is 0 Å². The molecule has 2 heterocycles. The van der Waals surface area contributed by atoms with E-state index in [4.69, 9.17) is 16.7 Å². The first-order valence-corrected chi connectivity index (χ1v) is 6.86. The van der Waals surface area contributed by atoms with Crippen molar-refractivity contribution in [2.45, 2.75) is 31.8 Å². The first kappa shape index (κ1) is 14.6. The largest absolute Gasteiger partial charge is 0.465 e. The molecule has 1 fully saturated rings. The van der Waals surface area contributed by atoms with E-state index in [-0.39, 0.29) is 12.1 Å². The maximum absolute atomic E-state index is 10.8. The lowest BCUT2D eigenvalue weighted by Crippen LogP contribution is -2.51. The number of rotatable bonds is 3. The molecule has 110 valence electrons. The highest BCUT2D eigenvalue weighted by Crippen LogP contribution is 2.25. The lowest BCUT2D eigenvalue weighted by Gasteiger charge is -2.38. The topological polar surface area (TPSA) is 90.4 Å². The molecule has 0 radical (unpaired) electrons. The van der Waals surface area contributed by atoms with Crippen molar-refractivity contribution >= 4 is 29.5 Å². The number of carbonyl (C=O) groups is 1. The smallest absolute Gasteiger partial charge is 0.404 e. The third-order valence-corrected chi connectivity index (χ3v) is 3.60. The first-order valence-electron chi connectivity index (χ1n) is 6.48. The molecular weight excluding hydrogens is 282 g/mol. The number of hydrogen-bond acceptors (Lipinski definition) is 5. The van der Waals surface area contributed by atoms with Crippen LogP contribution in [0.5, 0.6) is 0 Å². The Hall–Kier alpha value is -1.76. The lowest BCUT2D eigenvalue weighted by molar-refractivity contribution is 0.187. The normalized spacial score (nSPS) is 22.4. The summed E-state index contributed by atoms with van der Waals surface area (Å²) in [5, 5.41) is 14.6. The maximum Gasteiger partial charge on any atom is 0.404 e. The average Bonchev–Trinajstić information content (AvgIpc) is 2.39. The van der Waals surface area contributed by atoms with Crippen molar-refractivity contribution in [1.82, 2.24) is 15.3 Å². The predicted molar refractivity (Wildman–Crippen MR) is 77.6 cm³/mol. The molecule has 8 heteroatoms. The average molecular weight is 300 g/mol. The van der Waals surface area contributed by atoms with E-state index in [0.717, 1.165) is 12.8 Å². The molecule has 2 atom stereocenters. The van der Waals surface area contributed by atoms with Crippen LogP contribution in [0, 0.1) is 0 Å². The van der Waals surface area contributed by atoms with Gasteiger partial charge in [0, 0.05) is 31.7 Å². The summed E-state index contributed by atoms with van der Waals surface area (Å²) in [4.78, 5) is 21.2. The van der Waals surface area contributed by atoms with Crippen molar-refractivity contribution in [2.75, 3.05) is 23.8 Å². The monoisotopic (exact) mass is 299 g/mol. The highest BCUT2D eigenvalue weighted by atomic mass is 35.5. The Labute approximate surface area is 122 Å². The minimum Gasteiger partial charge on any atom is -0.465 e. The van der Waals surface area contributed by atoms with Crippen molar-refractivity contribution < 1.29 is 9.90 Å². The number of nitrogens with zero attached hydrogens (tertiary/aromatic N) is 3. The lowest BCUT2D eigenvalue weighted by atomic mass is 9.99. The van der Waals surface area contributed by atoms with E-state index in [1.165, 1.54) is 0 Å². The van der Waals surface area contributed by atoms with Gasteiger partial charge in [0.25, 0.3) is 0 Å². The zero-order chi connectivity index (χ0) is 14.7. The highest BCUT2D eigenvalue weighted by molar-refractivity contribution is 6.29. The molecule has 3 N–H and O–H groups in total. The van der Waals surface area contributed by atoms with E-state index in [1.807, 2.05) is 0 Å². The molecule has 1 aromatic heterocycles. The number of aromatic nitrogens is 2. The minimum atomic E-state index is -0.999. The molecule has 7 nitrogen and oxygen atoms in total. The number of piperidine rings is 1. The Bertz CT molecular complexity index is 499. The van der Waals surface area contributed by atoms with Crippen LogP contribution in [0.25, 0.3) is 0 Å². The summed E-state index contributed by atoms with van der Waals surface area (Å²) < 4.78 is 0. The summed E-state index contributed by atoms with van der Waals surface area (Å²) in [5.74, 6) is 1.16. The number of carboxylic acid groups (broad SMARTS) is 1. The van der Waals surface area contributed by atoms with Crippen LogP contribution in [0.1, 0.15) is 19.8 Å². The summed E-state index contributed by atoms with van der Waals surface area (Å²) in [6.07, 6.45) is 0.712. The van der Waals surface area contributed by atoms with Gasteiger partial charge in [0.2, 0.25) is 5.95 Å². The van der Waals surface area contributed by atoms with Gasteiger partial charge in [0.1, 0.15) is 11.0 Å². The van der Waals surface area contributed by atoms with E-state index in [2.05, 4.69) is 32.4 Å². The molecule has 0 spiro atoms. The molecule has 1 aliphatic rings. The van der Waals surface area contributed by atoms with Crippen molar-refractivity contribution in [3.05, 3.63) is 11.2 Å². The zero-order valence-corrected chi connectivity index (χ0v) is 12.2. The Morgan fingerprint density at radius 1 is 1.50 bits per heavy atom. The van der Waals surface area contributed by atoms with Gasteiger partial charge in [-0.3, -0.25) is 0 Å². The fourth-order valence-electron chi connectivity index (χ4n) is 2.38. The van der Waals surface area contributed by atoms with Gasteiger partial charge in [0.05, 0.1) is 0 Å². The van der Waals surface area contributed by atoms with Crippen molar-refractivity contribution in [2.24, 2.45) is 0 Å². The molecule has 0 aliphatic carbocycles. The summed E-state index contributed by atoms with van der Waals surface area (Å²) >= 11 is 5.99. The third-order valence-electron chi connectivity index (χ3n) is 3.41. The molecule has 1 aromatic rings. The molecule has 1 aliphatic heterocycles. The molecule has 0 aromatic carbocycles. The number of halogens is 1. The van der Waals surface area contributed by atoms with Crippen LogP contribution in [0.2, 0.25) is 5.15 Å². The van der Waals surface area contributed by atoms with Gasteiger partial charge in [-0.25, -0.2) is 9.78 Å². The summed E-state index contributed by atoms with van der Waals surface area (Å²) in [7, 11) is 1.73. The van der Waals surface area contributed by atoms with Crippen LogP contribution in [0.15, 0.2) is 6.07 Å². The maximum atomic E-state index is 10.8. The van der Waals surface area contributed by atoms with Crippen LogP contribution in [0.3, 0.4) is 0 Å². The molecular formula is C12H18ClN5O2. The van der Waals surface area contributed by atoms with Gasteiger partial charge >= 0.3 is 6.09 Å². The molecule has 0 unspecified atom stereocenters. The number of anilines is 2. The van der Waals surface area contributed by atoms with E-state index < -0.39 is 6.09 Å². The van der Waals surface area contributed by atoms with Crippen molar-refractivity contribution in [3.63, 3.8) is 0 Å². The highest BCUT2D eigenvalue weighted by Gasteiger charge is 2.27. The summed E-state index contributed by atoms with van der Waals surface area (Å²) in [6.45, 7) is 2.66. The quantitative estimate of drug-likeness (QED) is 0.737. The summed E-state index contributed by atoms with van der Waals surface area (Å²) in [5.41, 5.74) is 0. The van der Waals surface area contributed by atoms with Crippen molar-refractivity contribution in [3.8, 4) is 0 Å². The number of nitrogens with one attached hydrogen (secondary N) is 2. The van der Waals surface area contributed by atoms with E-state index in [1.54, 1.807) is 13.1 Å². The SMILES string of the molecule is CNc1nc(Cl)cc(N2C[C@H](NC(=O)O)CC[C@@H]2C)n1. The van der Waals surface area contributed by atoms with E-state index in [9.17, 15) is 4.79 Å². The molecule has 20 heavy (non-hydrogen) atoms. The molecule has 1 amide bonds. The zero-order valence-electron chi connectivity index (χ0n) is 11.4. The van der Waals surface area contributed by atoms with Crippen LogP contribution in [0.4, 0.5) is 16.6 Å². The van der Waals surface area contributed by atoms with E-state index >= 15 is 0 Å². The minimum absolute atomic E-state index is 0.101. The molecule has 1 saturated heterocycles. The second kappa shape index (κ2) is 6.13. The molecule has 0 bridgehead atoms. The third kappa shape index (κ3) is 3.41. The van der Waals surface area contributed by atoms with Gasteiger partial charge in [-0.2, -0.15) is 4.98 Å². The standard InChI is InChI=1S/C12H18ClN5O2/c1-7-3-4-8(15-12(19)20)6-18(7)10-5-9(13)16-11(14-2)17-10/h5,7-8,15H,3-4,6H2,1-2H3,(H,19,20)(H,14,16,17)/t7-,8+/m0/s1. The Morgan fingerprint density at radius 2 is 2.25 bits per heavy atom. The van der Waals surface area contributed by atoms with Crippen molar-refractivity contribution in [1.29, 1.82) is 0 Å². The van der Waals surface area contributed by atoms with Crippen LogP contribution in [-0.2, 0) is 0 Å². The first-order chi connectivity index (χ1) is 9.49. The summed E-state index contributed by atoms with van der Waals surface area (Å²) in [6, 6.07) is 1.87. The number of amides is 1. The van der Waals surface area contributed by atoms with Gasteiger partial charge < -0.3 is 20.6 Å². The van der Waals surface area contributed by atoms with Gasteiger partial charge in [-0.05, 0) is 19.8 Å². The second-order valence-electron chi connectivity index (χ2n) is 4.85. The fraction of sp³-hybridized carbons (Fsp3) is 0.583. The fourth-order valence-corrected chi connectivity index (χ4v) is 2.56. The Balaban J connectivity index is 2.20. The Kier molecular flexibility index (Phi) is 4.49. The van der Waals surface area contributed by atoms with Crippen LogP contribution >= 0.6 is 11.6 Å².